The lowest BCUT2D eigenvalue weighted by molar-refractivity contribution is 0.484. The predicted octanol–water partition coefficient (Wildman–Crippen LogP) is 3.51. The third-order valence-corrected chi connectivity index (χ3v) is 4.41. The van der Waals surface area contributed by atoms with Gasteiger partial charge < -0.3 is 4.18 Å². The van der Waals surface area contributed by atoms with E-state index in [2.05, 4.69) is 22.6 Å². The van der Waals surface area contributed by atoms with Gasteiger partial charge in [-0.05, 0) is 71.5 Å². The topological polar surface area (TPSA) is 43.4 Å². The van der Waals surface area contributed by atoms with Crippen LogP contribution in [0, 0.1) is 16.3 Å². The zero-order chi connectivity index (χ0) is 14.0. The average molecular weight is 392 g/mol. The molecule has 2 aromatic rings. The van der Waals surface area contributed by atoms with Crippen LogP contribution in [0.1, 0.15) is 5.56 Å². The molecular weight excluding hydrogens is 382 g/mol. The largest absolute Gasteiger partial charge is 0.379 e. The van der Waals surface area contributed by atoms with Gasteiger partial charge in [-0.2, -0.15) is 8.42 Å². The van der Waals surface area contributed by atoms with Crippen LogP contribution in [-0.2, 0) is 10.1 Å². The minimum atomic E-state index is -4.01. The molecule has 2 rings (SSSR count). The minimum Gasteiger partial charge on any atom is -0.379 e. The molecule has 0 aliphatic heterocycles. The van der Waals surface area contributed by atoms with Crippen molar-refractivity contribution in [2.75, 3.05) is 0 Å². The Morgan fingerprint density at radius 3 is 2.32 bits per heavy atom. The van der Waals surface area contributed by atoms with Crippen molar-refractivity contribution >= 4 is 32.7 Å². The van der Waals surface area contributed by atoms with Crippen LogP contribution >= 0.6 is 22.6 Å². The summed E-state index contributed by atoms with van der Waals surface area (Å²) in [7, 11) is -4.01. The maximum absolute atomic E-state index is 13.4. The Bertz CT molecular complexity index is 696. The fourth-order valence-electron chi connectivity index (χ4n) is 1.39. The van der Waals surface area contributed by atoms with Crippen molar-refractivity contribution in [3.05, 3.63) is 57.4 Å². The van der Waals surface area contributed by atoms with E-state index in [4.69, 9.17) is 4.18 Å². The van der Waals surface area contributed by atoms with E-state index < -0.39 is 15.9 Å². The van der Waals surface area contributed by atoms with E-state index in [-0.39, 0.29) is 10.6 Å². The van der Waals surface area contributed by atoms with Crippen molar-refractivity contribution in [2.45, 2.75) is 11.8 Å². The molecule has 19 heavy (non-hydrogen) atoms. The summed E-state index contributed by atoms with van der Waals surface area (Å²) in [6.45, 7) is 1.56. The highest BCUT2D eigenvalue weighted by Gasteiger charge is 2.18. The molecule has 0 aliphatic carbocycles. The Morgan fingerprint density at radius 1 is 1.11 bits per heavy atom. The van der Waals surface area contributed by atoms with E-state index in [1.54, 1.807) is 31.2 Å². The average Bonchev–Trinajstić information content (AvgIpc) is 2.35. The van der Waals surface area contributed by atoms with E-state index in [1.165, 1.54) is 12.1 Å². The Hall–Kier alpha value is -1.15. The van der Waals surface area contributed by atoms with E-state index >= 15 is 0 Å². The van der Waals surface area contributed by atoms with Crippen LogP contribution in [0.15, 0.2) is 47.4 Å². The zero-order valence-corrected chi connectivity index (χ0v) is 12.9. The summed E-state index contributed by atoms with van der Waals surface area (Å²) in [6, 6.07) is 10.2. The molecule has 0 aromatic heterocycles. The fraction of sp³-hybridized carbons (Fsp3) is 0.0769. The van der Waals surface area contributed by atoms with Crippen LogP contribution in [0.3, 0.4) is 0 Å². The minimum absolute atomic E-state index is 0.196. The number of aryl methyl sites for hydroxylation is 1. The van der Waals surface area contributed by atoms with Gasteiger partial charge in [-0.1, -0.05) is 6.07 Å². The summed E-state index contributed by atoms with van der Waals surface area (Å²) in [4.78, 5) is -0.200. The smallest absolute Gasteiger partial charge is 0.339 e. The van der Waals surface area contributed by atoms with Crippen LogP contribution < -0.4 is 4.18 Å². The predicted molar refractivity (Wildman–Crippen MR) is 78.1 cm³/mol. The van der Waals surface area contributed by atoms with Crippen LogP contribution in [0.5, 0.6) is 5.75 Å². The molecule has 0 fully saturated rings. The molecule has 3 nitrogen and oxygen atoms in total. The highest BCUT2D eigenvalue weighted by molar-refractivity contribution is 14.1. The maximum atomic E-state index is 13.4. The summed E-state index contributed by atoms with van der Waals surface area (Å²) in [5.74, 6) is -0.381. The van der Waals surface area contributed by atoms with Gasteiger partial charge in [0, 0.05) is 3.57 Å². The number of halogens is 2. The Labute approximate surface area is 124 Å². The van der Waals surface area contributed by atoms with Crippen molar-refractivity contribution in [3.63, 3.8) is 0 Å². The molecule has 0 radical (unpaired) electrons. The number of benzene rings is 2. The van der Waals surface area contributed by atoms with Gasteiger partial charge in [0.25, 0.3) is 0 Å². The lowest BCUT2D eigenvalue weighted by atomic mass is 10.2. The van der Waals surface area contributed by atoms with Gasteiger partial charge in [-0.3, -0.25) is 0 Å². The molecule has 2 aromatic carbocycles. The van der Waals surface area contributed by atoms with Gasteiger partial charge >= 0.3 is 10.1 Å². The normalized spacial score (nSPS) is 11.3. The summed E-state index contributed by atoms with van der Waals surface area (Å²) < 4.78 is 43.2. The molecule has 100 valence electrons. The van der Waals surface area contributed by atoms with Gasteiger partial charge in [-0.25, -0.2) is 4.39 Å². The SMILES string of the molecule is Cc1ccc(S(=O)(=O)Oc2ccc(I)cc2)cc1F. The Morgan fingerprint density at radius 2 is 1.74 bits per heavy atom. The van der Waals surface area contributed by atoms with Gasteiger partial charge in [0.05, 0.1) is 0 Å². The molecule has 6 heteroatoms. The molecule has 0 amide bonds. The van der Waals surface area contributed by atoms with E-state index in [1.807, 2.05) is 0 Å². The number of rotatable bonds is 3. The van der Waals surface area contributed by atoms with Crippen molar-refractivity contribution in [1.29, 1.82) is 0 Å². The molecule has 0 atom stereocenters. The fourth-order valence-corrected chi connectivity index (χ4v) is 2.70. The molecule has 0 heterocycles. The lowest BCUT2D eigenvalue weighted by Crippen LogP contribution is -2.10. The number of hydrogen-bond donors (Lipinski definition) is 0. The molecule has 0 spiro atoms. The molecule has 0 N–H and O–H groups in total. The summed E-state index contributed by atoms with van der Waals surface area (Å²) in [5, 5.41) is 0. The molecular formula is C13H10FIO3S. The molecule has 0 saturated carbocycles. The third-order valence-electron chi connectivity index (χ3n) is 2.45. The van der Waals surface area contributed by atoms with Gasteiger partial charge in [-0.15, -0.1) is 0 Å². The zero-order valence-electron chi connectivity index (χ0n) is 9.93. The first-order valence-electron chi connectivity index (χ1n) is 5.35. The highest BCUT2D eigenvalue weighted by atomic mass is 127. The second-order valence-electron chi connectivity index (χ2n) is 3.90. The highest BCUT2D eigenvalue weighted by Crippen LogP contribution is 2.21. The first kappa shape index (κ1) is 14.3. The molecule has 0 saturated heterocycles. The summed E-state index contributed by atoms with van der Waals surface area (Å²) in [6.07, 6.45) is 0. The van der Waals surface area contributed by atoms with Crippen LogP contribution in [0.2, 0.25) is 0 Å². The van der Waals surface area contributed by atoms with Crippen LogP contribution in [0.4, 0.5) is 4.39 Å². The Kier molecular flexibility index (Phi) is 4.10. The monoisotopic (exact) mass is 392 g/mol. The quantitative estimate of drug-likeness (QED) is 0.593. The van der Waals surface area contributed by atoms with E-state index in [0.717, 1.165) is 9.64 Å². The van der Waals surface area contributed by atoms with E-state index in [0.29, 0.717) is 5.56 Å². The van der Waals surface area contributed by atoms with Gasteiger partial charge in [0.15, 0.2) is 0 Å². The first-order chi connectivity index (χ1) is 8.88. The lowest BCUT2D eigenvalue weighted by Gasteiger charge is -2.07. The second kappa shape index (κ2) is 5.46. The molecule has 0 aliphatic rings. The van der Waals surface area contributed by atoms with Crippen molar-refractivity contribution in [2.24, 2.45) is 0 Å². The van der Waals surface area contributed by atoms with Crippen molar-refractivity contribution in [3.8, 4) is 5.75 Å². The van der Waals surface area contributed by atoms with Crippen molar-refractivity contribution < 1.29 is 17.0 Å². The van der Waals surface area contributed by atoms with Gasteiger partial charge in [0.1, 0.15) is 16.5 Å². The number of hydrogen-bond acceptors (Lipinski definition) is 3. The van der Waals surface area contributed by atoms with Gasteiger partial charge in [0.2, 0.25) is 0 Å². The van der Waals surface area contributed by atoms with Crippen LogP contribution in [-0.4, -0.2) is 8.42 Å². The standard InChI is InChI=1S/C13H10FIO3S/c1-9-2-7-12(8-13(9)14)19(16,17)18-11-5-3-10(15)4-6-11/h2-8H,1H3. The second-order valence-corrected chi connectivity index (χ2v) is 6.69. The summed E-state index contributed by atoms with van der Waals surface area (Å²) in [5.41, 5.74) is 0.383. The molecule has 0 bridgehead atoms. The first-order valence-corrected chi connectivity index (χ1v) is 7.83. The van der Waals surface area contributed by atoms with Crippen molar-refractivity contribution in [1.82, 2.24) is 0 Å². The maximum Gasteiger partial charge on any atom is 0.339 e. The Balaban J connectivity index is 2.32. The molecule has 0 unspecified atom stereocenters. The summed E-state index contributed by atoms with van der Waals surface area (Å²) >= 11 is 2.10. The third kappa shape index (κ3) is 3.44. The van der Waals surface area contributed by atoms with E-state index in [9.17, 15) is 12.8 Å². The van der Waals surface area contributed by atoms with Crippen LogP contribution in [0.25, 0.3) is 0 Å².